The first-order valence-corrected chi connectivity index (χ1v) is 12.1. The first kappa shape index (κ1) is 24.1. The summed E-state index contributed by atoms with van der Waals surface area (Å²) in [6.07, 6.45) is 1.58. The molecule has 0 fully saturated rings. The fourth-order valence-electron chi connectivity index (χ4n) is 4.08. The number of ether oxygens (including phenoxy) is 1. The van der Waals surface area contributed by atoms with Crippen LogP contribution in [0, 0.1) is 0 Å². The number of rotatable bonds is 9. The minimum atomic E-state index is -0.420. The van der Waals surface area contributed by atoms with Crippen LogP contribution in [-0.4, -0.2) is 20.7 Å². The molecule has 186 valence electrons. The Labute approximate surface area is 215 Å². The maximum absolute atomic E-state index is 12.6. The van der Waals surface area contributed by atoms with Crippen LogP contribution in [0.3, 0.4) is 0 Å². The first-order valence-electron chi connectivity index (χ1n) is 12.1. The molecule has 0 saturated carbocycles. The van der Waals surface area contributed by atoms with Gasteiger partial charge in [-0.15, -0.1) is 5.10 Å². The Kier molecular flexibility index (Phi) is 6.85. The third-order valence-corrected chi connectivity index (χ3v) is 6.29. The molecule has 0 spiro atoms. The molecule has 1 N–H and O–H groups in total. The van der Waals surface area contributed by atoms with Gasteiger partial charge >= 0.3 is 0 Å². The first-order chi connectivity index (χ1) is 18.0. The lowest BCUT2D eigenvalue weighted by molar-refractivity contribution is 0.0991. The maximum atomic E-state index is 12.6. The van der Waals surface area contributed by atoms with Gasteiger partial charge in [0, 0.05) is 5.41 Å². The van der Waals surface area contributed by atoms with Crippen molar-refractivity contribution in [3.05, 3.63) is 132 Å². The monoisotopic (exact) mass is 492 g/mol. The molecule has 0 unspecified atom stereocenters. The van der Waals surface area contributed by atoms with Gasteiger partial charge in [0.2, 0.25) is 5.95 Å². The minimum Gasteiger partial charge on any atom is -0.486 e. The average Bonchev–Trinajstić information content (AvgIpc) is 3.58. The van der Waals surface area contributed by atoms with Gasteiger partial charge in [0.1, 0.15) is 24.4 Å². The molecule has 0 atom stereocenters. The van der Waals surface area contributed by atoms with E-state index in [1.807, 2.05) is 48.5 Å². The molecular formula is C30H28N4O3. The third-order valence-electron chi connectivity index (χ3n) is 6.29. The van der Waals surface area contributed by atoms with Crippen LogP contribution in [0.4, 0.5) is 5.95 Å². The van der Waals surface area contributed by atoms with Gasteiger partial charge in [-0.1, -0.05) is 86.6 Å². The zero-order chi connectivity index (χ0) is 25.7. The molecule has 0 aliphatic heterocycles. The molecule has 7 heteroatoms. The lowest BCUT2D eigenvalue weighted by atomic mass is 9.78. The predicted molar refractivity (Wildman–Crippen MR) is 142 cm³/mol. The SMILES string of the molecule is CC(C)(c1ccccc1)c1ccc(OCc2ccc(C(=O)Nc3ncn(Cc4ccccc4)n3)o2)cc1. The number of hydrogen-bond donors (Lipinski definition) is 1. The number of amides is 1. The van der Waals surface area contributed by atoms with Gasteiger partial charge < -0.3 is 9.15 Å². The van der Waals surface area contributed by atoms with Crippen LogP contribution in [0.25, 0.3) is 0 Å². The van der Waals surface area contributed by atoms with Crippen LogP contribution in [0.1, 0.15) is 46.9 Å². The molecule has 2 heterocycles. The van der Waals surface area contributed by atoms with E-state index in [1.165, 1.54) is 11.1 Å². The van der Waals surface area contributed by atoms with Crippen LogP contribution in [-0.2, 0) is 18.6 Å². The molecule has 37 heavy (non-hydrogen) atoms. The van der Waals surface area contributed by atoms with Gasteiger partial charge in [-0.2, -0.15) is 0 Å². The molecule has 2 aromatic heterocycles. The highest BCUT2D eigenvalue weighted by Crippen LogP contribution is 2.32. The summed E-state index contributed by atoms with van der Waals surface area (Å²) >= 11 is 0. The van der Waals surface area contributed by atoms with Crippen molar-refractivity contribution in [1.82, 2.24) is 14.8 Å². The standard InChI is InChI=1S/C30H28N4O3/c1-30(2,23-11-7-4-8-12-23)24-13-15-25(16-14-24)36-20-26-17-18-27(37-26)28(35)32-29-31-21-34(33-29)19-22-9-5-3-6-10-22/h3-18,21H,19-20H2,1-2H3,(H,32,33,35). The van der Waals surface area contributed by atoms with Crippen LogP contribution in [0.2, 0.25) is 0 Å². The number of carbonyl (C=O) groups excluding carboxylic acids is 1. The minimum absolute atomic E-state index is 0.116. The van der Waals surface area contributed by atoms with Crippen molar-refractivity contribution >= 4 is 11.9 Å². The summed E-state index contributed by atoms with van der Waals surface area (Å²) < 4.78 is 13.2. The number of hydrogen-bond acceptors (Lipinski definition) is 5. The molecule has 3 aromatic carbocycles. The van der Waals surface area contributed by atoms with Gasteiger partial charge in [0.05, 0.1) is 6.54 Å². The Morgan fingerprint density at radius 1 is 0.892 bits per heavy atom. The highest BCUT2D eigenvalue weighted by molar-refractivity contribution is 6.01. The zero-order valence-corrected chi connectivity index (χ0v) is 20.8. The topological polar surface area (TPSA) is 82.2 Å². The maximum Gasteiger partial charge on any atom is 0.293 e. The fraction of sp³-hybridized carbons (Fsp3) is 0.167. The Hall–Kier alpha value is -4.65. The molecular weight excluding hydrogens is 464 g/mol. The van der Waals surface area contributed by atoms with Crippen molar-refractivity contribution in [2.75, 3.05) is 5.32 Å². The number of furan rings is 1. The van der Waals surface area contributed by atoms with Crippen molar-refractivity contribution in [1.29, 1.82) is 0 Å². The molecule has 0 radical (unpaired) electrons. The van der Waals surface area contributed by atoms with Crippen LogP contribution >= 0.6 is 0 Å². The summed E-state index contributed by atoms with van der Waals surface area (Å²) in [5.74, 6) is 1.23. The van der Waals surface area contributed by atoms with E-state index >= 15 is 0 Å². The lowest BCUT2D eigenvalue weighted by Gasteiger charge is -2.26. The predicted octanol–water partition coefficient (Wildman–Crippen LogP) is 6.08. The van der Waals surface area contributed by atoms with Crippen molar-refractivity contribution in [2.45, 2.75) is 32.4 Å². The number of nitrogens with zero attached hydrogens (tertiary/aromatic N) is 3. The Morgan fingerprint density at radius 2 is 1.57 bits per heavy atom. The Balaban J connectivity index is 1.15. The summed E-state index contributed by atoms with van der Waals surface area (Å²) in [4.78, 5) is 16.7. The second kappa shape index (κ2) is 10.5. The summed E-state index contributed by atoms with van der Waals surface area (Å²) in [6.45, 7) is 5.18. The van der Waals surface area contributed by atoms with E-state index in [2.05, 4.69) is 65.6 Å². The summed E-state index contributed by atoms with van der Waals surface area (Å²) in [5, 5.41) is 6.97. The molecule has 1 amide bonds. The van der Waals surface area contributed by atoms with E-state index < -0.39 is 5.91 Å². The largest absolute Gasteiger partial charge is 0.486 e. The van der Waals surface area contributed by atoms with Gasteiger partial charge in [-0.25, -0.2) is 9.67 Å². The van der Waals surface area contributed by atoms with E-state index in [-0.39, 0.29) is 23.7 Å². The van der Waals surface area contributed by atoms with E-state index in [0.29, 0.717) is 12.3 Å². The van der Waals surface area contributed by atoms with E-state index in [1.54, 1.807) is 23.1 Å². The van der Waals surface area contributed by atoms with Crippen molar-refractivity contribution in [2.24, 2.45) is 0 Å². The van der Waals surface area contributed by atoms with Crippen LogP contribution in [0.5, 0.6) is 5.75 Å². The second-order valence-electron chi connectivity index (χ2n) is 9.28. The smallest absolute Gasteiger partial charge is 0.293 e. The van der Waals surface area contributed by atoms with Crippen LogP contribution in [0.15, 0.2) is 108 Å². The molecule has 7 nitrogen and oxygen atoms in total. The van der Waals surface area contributed by atoms with Crippen molar-refractivity contribution < 1.29 is 13.9 Å². The molecule has 5 aromatic rings. The molecule has 0 aliphatic carbocycles. The van der Waals surface area contributed by atoms with Gasteiger partial charge in [0.25, 0.3) is 5.91 Å². The zero-order valence-electron chi connectivity index (χ0n) is 20.8. The van der Waals surface area contributed by atoms with Gasteiger partial charge in [-0.05, 0) is 41.0 Å². The second-order valence-corrected chi connectivity index (χ2v) is 9.28. The number of aromatic nitrogens is 3. The van der Waals surface area contributed by atoms with E-state index in [9.17, 15) is 4.79 Å². The number of nitrogens with one attached hydrogen (secondary N) is 1. The van der Waals surface area contributed by atoms with Crippen molar-refractivity contribution in [3.8, 4) is 5.75 Å². The molecule has 0 aliphatic rings. The Bertz CT molecular complexity index is 1460. The summed E-state index contributed by atoms with van der Waals surface area (Å²) in [5.41, 5.74) is 3.43. The summed E-state index contributed by atoms with van der Waals surface area (Å²) in [7, 11) is 0. The quantitative estimate of drug-likeness (QED) is 0.270. The molecule has 0 saturated heterocycles. The highest BCUT2D eigenvalue weighted by atomic mass is 16.5. The number of carbonyl (C=O) groups is 1. The van der Waals surface area contributed by atoms with E-state index in [4.69, 9.17) is 9.15 Å². The molecule has 5 rings (SSSR count). The average molecular weight is 493 g/mol. The number of benzene rings is 3. The fourth-order valence-corrected chi connectivity index (χ4v) is 4.08. The molecule has 0 bridgehead atoms. The van der Waals surface area contributed by atoms with Crippen LogP contribution < -0.4 is 10.1 Å². The lowest BCUT2D eigenvalue weighted by Crippen LogP contribution is -2.18. The van der Waals surface area contributed by atoms with Gasteiger partial charge in [-0.3, -0.25) is 10.1 Å². The Morgan fingerprint density at radius 3 is 2.30 bits per heavy atom. The normalized spacial score (nSPS) is 11.3. The summed E-state index contributed by atoms with van der Waals surface area (Å²) in [6, 6.07) is 31.7. The third kappa shape index (κ3) is 5.78. The number of anilines is 1. The highest BCUT2D eigenvalue weighted by Gasteiger charge is 2.22. The van der Waals surface area contributed by atoms with Crippen molar-refractivity contribution in [3.63, 3.8) is 0 Å². The van der Waals surface area contributed by atoms with E-state index in [0.717, 1.165) is 11.3 Å². The van der Waals surface area contributed by atoms with Gasteiger partial charge in [0.15, 0.2) is 5.76 Å².